The van der Waals surface area contributed by atoms with Crippen LogP contribution in [0.4, 0.5) is 5.69 Å². The van der Waals surface area contributed by atoms with Crippen LogP contribution in [0.1, 0.15) is 37.7 Å². The highest BCUT2D eigenvalue weighted by Gasteiger charge is 2.31. The van der Waals surface area contributed by atoms with Crippen LogP contribution in [0.2, 0.25) is 0 Å². The third-order valence-electron chi connectivity index (χ3n) is 7.48. The van der Waals surface area contributed by atoms with E-state index in [1.807, 2.05) is 18.2 Å². The largest absolute Gasteiger partial charge is 0.497 e. The number of hydrogen-bond donors (Lipinski definition) is 0. The van der Waals surface area contributed by atoms with Gasteiger partial charge in [0.25, 0.3) is 0 Å². The van der Waals surface area contributed by atoms with Crippen molar-refractivity contribution in [3.05, 3.63) is 65.6 Å². The first-order chi connectivity index (χ1) is 17.5. The minimum Gasteiger partial charge on any atom is -0.497 e. The maximum atomic E-state index is 13.9. The number of piperidine rings is 2. The molecule has 2 aromatic carbocycles. The number of methoxy groups -OCH3 is 1. The number of fused-ring (bicyclic) bond motifs is 1. The third-order valence-corrected chi connectivity index (χ3v) is 9.25. The Morgan fingerprint density at radius 1 is 1.03 bits per heavy atom. The van der Waals surface area contributed by atoms with Crippen LogP contribution in [0.3, 0.4) is 0 Å². The van der Waals surface area contributed by atoms with Gasteiger partial charge in [-0.15, -0.1) is 0 Å². The number of ether oxygens (including phenoxy) is 1. The summed E-state index contributed by atoms with van der Waals surface area (Å²) < 4.78 is 33.0. The number of hydrogen-bond acceptors (Lipinski definition) is 6. The maximum Gasteiger partial charge on any atom is 0.239 e. The lowest BCUT2D eigenvalue weighted by molar-refractivity contribution is 0.141. The first-order valence-corrected chi connectivity index (χ1v) is 14.1. The van der Waals surface area contributed by atoms with E-state index in [4.69, 9.17) is 11.3 Å². The van der Waals surface area contributed by atoms with Crippen LogP contribution in [-0.2, 0) is 16.4 Å². The minimum absolute atomic E-state index is 0.214. The van der Waals surface area contributed by atoms with Gasteiger partial charge in [-0.3, -0.25) is 4.98 Å². The number of anilines is 1. The molecule has 36 heavy (non-hydrogen) atoms. The van der Waals surface area contributed by atoms with Crippen molar-refractivity contribution in [2.75, 3.05) is 38.2 Å². The molecule has 0 unspecified atom stereocenters. The molecule has 1 aromatic heterocycles. The molecule has 8 heteroatoms. The summed E-state index contributed by atoms with van der Waals surface area (Å²) in [5.41, 5.74) is 2.31. The topological polar surface area (TPSA) is 67.1 Å². The summed E-state index contributed by atoms with van der Waals surface area (Å²) in [6.45, 7) is 11.5. The highest BCUT2D eigenvalue weighted by molar-refractivity contribution is 7.91. The average molecular weight is 505 g/mol. The molecular formula is C28H32N4O3S. The summed E-state index contributed by atoms with van der Waals surface area (Å²) in [5.74, 6) is 0.606. The van der Waals surface area contributed by atoms with Crippen molar-refractivity contribution in [2.45, 2.75) is 54.5 Å². The molecule has 2 aliphatic heterocycles. The van der Waals surface area contributed by atoms with Crippen molar-refractivity contribution >= 4 is 26.4 Å². The smallest absolute Gasteiger partial charge is 0.239 e. The van der Waals surface area contributed by atoms with Gasteiger partial charge in [0.15, 0.2) is 0 Å². The Labute approximate surface area is 213 Å². The van der Waals surface area contributed by atoms with E-state index in [1.54, 1.807) is 31.4 Å². The summed E-state index contributed by atoms with van der Waals surface area (Å²) in [7, 11) is -2.27. The van der Waals surface area contributed by atoms with E-state index < -0.39 is 9.84 Å². The van der Waals surface area contributed by atoms with Crippen LogP contribution in [0.5, 0.6) is 5.75 Å². The van der Waals surface area contributed by atoms with Gasteiger partial charge in [-0.05, 0) is 81.2 Å². The third kappa shape index (κ3) is 4.78. The second kappa shape index (κ2) is 10.5. The molecule has 3 aromatic rings. The summed E-state index contributed by atoms with van der Waals surface area (Å²) >= 11 is 0. The molecule has 7 nitrogen and oxygen atoms in total. The monoisotopic (exact) mass is 504 g/mol. The second-order valence-corrected chi connectivity index (χ2v) is 11.6. The van der Waals surface area contributed by atoms with Crippen LogP contribution < -0.4 is 9.64 Å². The number of aromatic nitrogens is 1. The van der Waals surface area contributed by atoms with Crippen LogP contribution in [0.15, 0.2) is 58.5 Å². The fraction of sp³-hybridized carbons (Fsp3) is 0.429. The van der Waals surface area contributed by atoms with Crippen LogP contribution in [0.25, 0.3) is 15.7 Å². The summed E-state index contributed by atoms with van der Waals surface area (Å²) in [6, 6.07) is 12.8. The Hall–Kier alpha value is -3.15. The molecule has 3 heterocycles. The molecule has 0 aliphatic carbocycles. The van der Waals surface area contributed by atoms with Crippen LogP contribution in [-0.4, -0.2) is 57.6 Å². The van der Waals surface area contributed by atoms with Gasteiger partial charge < -0.3 is 19.4 Å². The van der Waals surface area contributed by atoms with Gasteiger partial charge in [0.2, 0.25) is 16.4 Å². The number of pyridine rings is 1. The van der Waals surface area contributed by atoms with E-state index in [2.05, 4.69) is 19.6 Å². The number of nitrogens with zero attached hydrogens (tertiary/aromatic N) is 4. The predicted octanol–water partition coefficient (Wildman–Crippen LogP) is 4.95. The van der Waals surface area contributed by atoms with Crippen LogP contribution in [0, 0.1) is 6.57 Å². The van der Waals surface area contributed by atoms with E-state index in [0.29, 0.717) is 17.5 Å². The van der Waals surface area contributed by atoms with Gasteiger partial charge in [0, 0.05) is 36.3 Å². The minimum atomic E-state index is -3.83. The lowest BCUT2D eigenvalue weighted by Gasteiger charge is -2.41. The van der Waals surface area contributed by atoms with Crippen molar-refractivity contribution in [1.82, 2.24) is 9.88 Å². The molecule has 5 rings (SSSR count). The maximum absolute atomic E-state index is 13.9. The number of benzene rings is 2. The zero-order valence-electron chi connectivity index (χ0n) is 20.7. The highest BCUT2D eigenvalue weighted by atomic mass is 32.2. The normalized spacial score (nSPS) is 17.7. The molecule has 2 saturated heterocycles. The first-order valence-electron chi connectivity index (χ1n) is 12.6. The van der Waals surface area contributed by atoms with Crippen molar-refractivity contribution in [1.29, 1.82) is 0 Å². The number of likely N-dealkylation sites (tertiary alicyclic amines) is 1. The molecule has 0 atom stereocenters. The molecular weight excluding hydrogens is 472 g/mol. The van der Waals surface area contributed by atoms with E-state index in [0.717, 1.165) is 42.4 Å². The van der Waals surface area contributed by atoms with Gasteiger partial charge in [-0.2, -0.15) is 0 Å². The molecule has 0 N–H and O–H groups in total. The highest BCUT2D eigenvalue weighted by Crippen LogP contribution is 2.38. The fourth-order valence-electron chi connectivity index (χ4n) is 5.54. The van der Waals surface area contributed by atoms with Gasteiger partial charge in [-0.1, -0.05) is 6.42 Å². The van der Waals surface area contributed by atoms with Crippen LogP contribution >= 0.6 is 0 Å². The Kier molecular flexibility index (Phi) is 7.13. The van der Waals surface area contributed by atoms with Gasteiger partial charge in [0.05, 0.1) is 23.2 Å². The van der Waals surface area contributed by atoms with Gasteiger partial charge in [-0.25, -0.2) is 15.0 Å². The molecule has 0 bridgehead atoms. The van der Waals surface area contributed by atoms with Crippen molar-refractivity contribution in [2.24, 2.45) is 0 Å². The Morgan fingerprint density at radius 2 is 1.75 bits per heavy atom. The van der Waals surface area contributed by atoms with Crippen molar-refractivity contribution < 1.29 is 13.2 Å². The molecule has 0 saturated carbocycles. The average Bonchev–Trinajstić information content (AvgIpc) is 2.93. The standard InChI is InChI=1S/C28H32N4O3S/c1-29-19-21-6-11-26-25(18-21)28(32-16-12-22(13-17-32)31-14-4-3-5-15-31)27(20-30-26)36(33,34)24-9-7-23(35-2)8-10-24/h6-11,18,20,22H,3-5,12-17,19H2,2H3. The fourth-order valence-corrected chi connectivity index (χ4v) is 6.97. The zero-order valence-corrected chi connectivity index (χ0v) is 21.5. The zero-order chi connectivity index (χ0) is 25.1. The van der Waals surface area contributed by atoms with E-state index in [1.165, 1.54) is 38.5 Å². The molecule has 0 radical (unpaired) electrons. The first kappa shape index (κ1) is 24.5. The van der Waals surface area contributed by atoms with Crippen molar-refractivity contribution in [3.63, 3.8) is 0 Å². The van der Waals surface area contributed by atoms with E-state index in [9.17, 15) is 8.42 Å². The summed E-state index contributed by atoms with van der Waals surface area (Å²) in [4.78, 5) is 13.3. The van der Waals surface area contributed by atoms with E-state index in [-0.39, 0.29) is 16.3 Å². The Bertz CT molecular complexity index is 1370. The van der Waals surface area contributed by atoms with Gasteiger partial charge in [0.1, 0.15) is 10.6 Å². The quantitative estimate of drug-likeness (QED) is 0.443. The lowest BCUT2D eigenvalue weighted by atomic mass is 9.99. The van der Waals surface area contributed by atoms with Crippen molar-refractivity contribution in [3.8, 4) is 5.75 Å². The number of sulfone groups is 1. The molecule has 2 fully saturated rings. The summed E-state index contributed by atoms with van der Waals surface area (Å²) in [6.07, 6.45) is 7.37. The SMILES string of the molecule is [C-]#[N+]Cc1ccc2ncc(S(=O)(=O)c3ccc(OC)cc3)c(N3CCC(N4CCCCC4)CC3)c2c1. The number of rotatable bonds is 6. The summed E-state index contributed by atoms with van der Waals surface area (Å²) in [5, 5.41) is 0.794. The Balaban J connectivity index is 1.57. The van der Waals surface area contributed by atoms with E-state index >= 15 is 0 Å². The molecule has 0 amide bonds. The Morgan fingerprint density at radius 3 is 2.42 bits per heavy atom. The second-order valence-electron chi connectivity index (χ2n) is 9.63. The molecule has 188 valence electrons. The molecule has 0 spiro atoms. The van der Waals surface area contributed by atoms with Gasteiger partial charge >= 0.3 is 0 Å². The molecule has 2 aliphatic rings. The lowest BCUT2D eigenvalue weighted by Crippen LogP contribution is -2.47. The predicted molar refractivity (Wildman–Crippen MR) is 141 cm³/mol.